The normalized spacial score (nSPS) is 14.8. The molecule has 29 heavy (non-hydrogen) atoms. The molecular formula is C19H21ClF3N5O. The summed E-state index contributed by atoms with van der Waals surface area (Å²) in [5, 5.41) is 0.605. The second-order valence-corrected chi connectivity index (χ2v) is 7.41. The van der Waals surface area contributed by atoms with Crippen molar-refractivity contribution in [1.29, 1.82) is 0 Å². The van der Waals surface area contributed by atoms with Gasteiger partial charge in [0.2, 0.25) is 11.9 Å². The van der Waals surface area contributed by atoms with Gasteiger partial charge in [0.15, 0.2) is 5.69 Å². The van der Waals surface area contributed by atoms with Crippen LogP contribution < -0.4 is 9.80 Å². The van der Waals surface area contributed by atoms with Crippen LogP contribution in [0.1, 0.15) is 11.3 Å². The maximum absolute atomic E-state index is 13.2. The first-order valence-electron chi connectivity index (χ1n) is 9.04. The fraction of sp³-hybridized carbons (Fsp3) is 0.421. The Hall–Kier alpha value is -2.55. The van der Waals surface area contributed by atoms with E-state index in [-0.39, 0.29) is 24.1 Å². The van der Waals surface area contributed by atoms with E-state index in [9.17, 15) is 18.0 Å². The average Bonchev–Trinajstić information content (AvgIpc) is 2.68. The summed E-state index contributed by atoms with van der Waals surface area (Å²) in [7, 11) is 3.25. The molecule has 1 aromatic heterocycles. The highest BCUT2D eigenvalue weighted by molar-refractivity contribution is 6.30. The fourth-order valence-corrected chi connectivity index (χ4v) is 3.11. The predicted molar refractivity (Wildman–Crippen MR) is 105 cm³/mol. The first-order chi connectivity index (χ1) is 13.6. The lowest BCUT2D eigenvalue weighted by molar-refractivity contribution is -0.141. The van der Waals surface area contributed by atoms with Crippen LogP contribution in [0.5, 0.6) is 0 Å². The number of carbonyl (C=O) groups is 1. The van der Waals surface area contributed by atoms with Crippen molar-refractivity contribution in [3.63, 3.8) is 0 Å². The zero-order chi connectivity index (χ0) is 21.2. The van der Waals surface area contributed by atoms with E-state index >= 15 is 0 Å². The number of rotatable bonds is 4. The van der Waals surface area contributed by atoms with Crippen LogP contribution in [0, 0.1) is 0 Å². The molecule has 3 rings (SSSR count). The van der Waals surface area contributed by atoms with Crippen LogP contribution in [-0.4, -0.2) is 61.0 Å². The first kappa shape index (κ1) is 21.2. The van der Waals surface area contributed by atoms with Crippen molar-refractivity contribution in [2.24, 2.45) is 0 Å². The Bertz CT molecular complexity index is 865. The number of nitrogens with zero attached hydrogens (tertiary/aromatic N) is 5. The Kier molecular flexibility index (Phi) is 6.16. The lowest BCUT2D eigenvalue weighted by Crippen LogP contribution is -2.49. The molecule has 2 heterocycles. The highest BCUT2D eigenvalue weighted by atomic mass is 35.5. The van der Waals surface area contributed by atoms with Gasteiger partial charge < -0.3 is 14.7 Å². The second kappa shape index (κ2) is 8.44. The second-order valence-electron chi connectivity index (χ2n) is 6.97. The average molecular weight is 428 g/mol. The molecule has 10 heteroatoms. The summed E-state index contributed by atoms with van der Waals surface area (Å²) in [5.41, 5.74) is -0.119. The van der Waals surface area contributed by atoms with Gasteiger partial charge >= 0.3 is 6.18 Å². The molecule has 1 saturated heterocycles. The summed E-state index contributed by atoms with van der Waals surface area (Å²) in [6.07, 6.45) is -4.30. The van der Waals surface area contributed by atoms with E-state index in [0.29, 0.717) is 31.2 Å². The molecule has 1 fully saturated rings. The van der Waals surface area contributed by atoms with E-state index in [1.54, 1.807) is 48.2 Å². The molecule has 0 aliphatic carbocycles. The molecule has 0 spiro atoms. The maximum Gasteiger partial charge on any atom is 0.433 e. The number of aromatic nitrogens is 2. The highest BCUT2D eigenvalue weighted by Gasteiger charge is 2.35. The molecule has 0 unspecified atom stereocenters. The summed E-state index contributed by atoms with van der Waals surface area (Å²) in [6, 6.07) is 7.99. The molecule has 156 valence electrons. The van der Waals surface area contributed by atoms with Crippen LogP contribution in [0.15, 0.2) is 30.3 Å². The van der Waals surface area contributed by atoms with Gasteiger partial charge in [-0.2, -0.15) is 18.2 Å². The Labute approximate surface area is 171 Å². The highest BCUT2D eigenvalue weighted by Crippen LogP contribution is 2.31. The smallest absolute Gasteiger partial charge is 0.363 e. The summed E-state index contributed by atoms with van der Waals surface area (Å²) < 4.78 is 39.6. The van der Waals surface area contributed by atoms with Crippen molar-refractivity contribution in [1.82, 2.24) is 14.9 Å². The molecule has 0 N–H and O–H groups in total. The quantitative estimate of drug-likeness (QED) is 0.750. The van der Waals surface area contributed by atoms with Crippen molar-refractivity contribution < 1.29 is 18.0 Å². The van der Waals surface area contributed by atoms with E-state index in [2.05, 4.69) is 9.97 Å². The number of carbonyl (C=O) groups excluding carboxylic acids is 1. The number of piperazine rings is 1. The molecule has 1 aliphatic heterocycles. The molecule has 0 atom stereocenters. The van der Waals surface area contributed by atoms with Gasteiger partial charge in [0.05, 0.1) is 6.42 Å². The van der Waals surface area contributed by atoms with Gasteiger partial charge in [0.1, 0.15) is 5.82 Å². The molecule has 1 aromatic carbocycles. The number of amides is 1. The van der Waals surface area contributed by atoms with Crippen molar-refractivity contribution in [2.75, 3.05) is 50.1 Å². The van der Waals surface area contributed by atoms with Crippen LogP contribution in [0.3, 0.4) is 0 Å². The van der Waals surface area contributed by atoms with E-state index in [0.717, 1.165) is 11.6 Å². The third-order valence-electron chi connectivity index (χ3n) is 4.63. The van der Waals surface area contributed by atoms with Gasteiger partial charge in [-0.15, -0.1) is 0 Å². The van der Waals surface area contributed by atoms with Gasteiger partial charge in [-0.1, -0.05) is 23.7 Å². The van der Waals surface area contributed by atoms with E-state index in [1.807, 2.05) is 0 Å². The van der Waals surface area contributed by atoms with Crippen LogP contribution in [0.4, 0.5) is 24.9 Å². The zero-order valence-electron chi connectivity index (χ0n) is 16.1. The number of halogens is 4. The molecular weight excluding hydrogens is 407 g/mol. The molecule has 0 bridgehead atoms. The number of alkyl halides is 3. The summed E-state index contributed by atoms with van der Waals surface area (Å²) >= 11 is 5.85. The fourth-order valence-electron chi connectivity index (χ4n) is 2.98. The predicted octanol–water partition coefficient (Wildman–Crippen LogP) is 3.11. The molecule has 0 saturated carbocycles. The van der Waals surface area contributed by atoms with Gasteiger partial charge in [-0.25, -0.2) is 4.98 Å². The van der Waals surface area contributed by atoms with Crippen molar-refractivity contribution in [3.05, 3.63) is 46.6 Å². The topological polar surface area (TPSA) is 52.6 Å². The van der Waals surface area contributed by atoms with Gasteiger partial charge in [0, 0.05) is 51.4 Å². The summed E-state index contributed by atoms with van der Waals surface area (Å²) in [5.74, 6) is 0.169. The van der Waals surface area contributed by atoms with Gasteiger partial charge in [0.25, 0.3) is 0 Å². The summed E-state index contributed by atoms with van der Waals surface area (Å²) in [4.78, 5) is 25.3. The first-order valence-corrected chi connectivity index (χ1v) is 9.42. The molecule has 2 aromatic rings. The Balaban J connectivity index is 1.67. The number of anilines is 2. The minimum absolute atomic E-state index is 0.0216. The zero-order valence-corrected chi connectivity index (χ0v) is 16.8. The van der Waals surface area contributed by atoms with E-state index < -0.39 is 11.9 Å². The van der Waals surface area contributed by atoms with Crippen molar-refractivity contribution in [3.8, 4) is 0 Å². The van der Waals surface area contributed by atoms with Crippen LogP contribution in [-0.2, 0) is 17.4 Å². The third-order valence-corrected chi connectivity index (χ3v) is 4.89. The molecule has 1 amide bonds. The van der Waals surface area contributed by atoms with Crippen LogP contribution in [0.25, 0.3) is 0 Å². The molecule has 1 aliphatic rings. The summed E-state index contributed by atoms with van der Waals surface area (Å²) in [6.45, 7) is 1.51. The Morgan fingerprint density at radius 3 is 2.28 bits per heavy atom. The standard InChI is InChI=1S/C19H21ClF3N5O/c1-26(2)16-12-15(19(21,22)23)24-18(25-16)28-9-7-27(8-10-28)17(29)11-13-3-5-14(20)6-4-13/h3-6,12H,7-11H2,1-2H3. The van der Waals surface area contributed by atoms with E-state index in [4.69, 9.17) is 11.6 Å². The maximum atomic E-state index is 13.2. The van der Waals surface area contributed by atoms with Crippen molar-refractivity contribution >= 4 is 29.3 Å². The van der Waals surface area contributed by atoms with Crippen LogP contribution in [0.2, 0.25) is 5.02 Å². The van der Waals surface area contributed by atoms with Gasteiger partial charge in [-0.05, 0) is 17.7 Å². The minimum atomic E-state index is -4.56. The SMILES string of the molecule is CN(C)c1cc(C(F)(F)F)nc(N2CCN(C(=O)Cc3ccc(Cl)cc3)CC2)n1. The van der Waals surface area contributed by atoms with Gasteiger partial charge in [-0.3, -0.25) is 4.79 Å². The lowest BCUT2D eigenvalue weighted by Gasteiger charge is -2.35. The van der Waals surface area contributed by atoms with E-state index in [1.165, 1.54) is 4.90 Å². The largest absolute Gasteiger partial charge is 0.433 e. The Morgan fingerprint density at radius 1 is 1.10 bits per heavy atom. The molecule has 6 nitrogen and oxygen atoms in total. The lowest BCUT2D eigenvalue weighted by atomic mass is 10.1. The molecule has 0 radical (unpaired) electrons. The van der Waals surface area contributed by atoms with Crippen LogP contribution >= 0.6 is 11.6 Å². The number of hydrogen-bond acceptors (Lipinski definition) is 5. The monoisotopic (exact) mass is 427 g/mol. The number of benzene rings is 1. The Morgan fingerprint density at radius 2 is 1.72 bits per heavy atom. The third kappa shape index (κ3) is 5.29. The number of hydrogen-bond donors (Lipinski definition) is 0. The van der Waals surface area contributed by atoms with Crippen molar-refractivity contribution in [2.45, 2.75) is 12.6 Å². The minimum Gasteiger partial charge on any atom is -0.363 e.